The Morgan fingerprint density at radius 1 is 1.33 bits per heavy atom. The zero-order valence-electron chi connectivity index (χ0n) is 8.28. The molecule has 0 bridgehead atoms. The Kier molecular flexibility index (Phi) is 5.36. The van der Waals surface area contributed by atoms with Gasteiger partial charge in [-0.1, -0.05) is 12.1 Å². The van der Waals surface area contributed by atoms with Crippen LogP contribution in [0.15, 0.2) is 24.3 Å². The van der Waals surface area contributed by atoms with Crippen molar-refractivity contribution in [3.05, 3.63) is 35.6 Å². The molecule has 0 aliphatic carbocycles. The number of hydrogen-bond donors (Lipinski definition) is 1. The molecule has 0 saturated heterocycles. The molecular weight excluding hydrogens is 215 g/mol. The van der Waals surface area contributed by atoms with Crippen LogP contribution in [0.4, 0.5) is 4.39 Å². The maximum Gasteiger partial charge on any atom is 0.147 e. The molecule has 0 spiro atoms. The van der Waals surface area contributed by atoms with E-state index in [-0.39, 0.29) is 18.2 Å². The standard InChI is InChI=1S/C11H13FO2S/c12-10-3-1-9(2-4-10)7-11(14)8-15-6-5-13/h1-4,13H,5-8H2. The average molecular weight is 228 g/mol. The van der Waals surface area contributed by atoms with E-state index in [1.54, 1.807) is 12.1 Å². The molecule has 0 radical (unpaired) electrons. The zero-order chi connectivity index (χ0) is 11.1. The van der Waals surface area contributed by atoms with E-state index in [0.29, 0.717) is 17.9 Å². The van der Waals surface area contributed by atoms with Gasteiger partial charge in [0.05, 0.1) is 12.4 Å². The van der Waals surface area contributed by atoms with Gasteiger partial charge in [0.15, 0.2) is 0 Å². The summed E-state index contributed by atoms with van der Waals surface area (Å²) in [5.41, 5.74) is 0.825. The van der Waals surface area contributed by atoms with Crippen molar-refractivity contribution in [1.82, 2.24) is 0 Å². The van der Waals surface area contributed by atoms with Crippen LogP contribution in [0, 0.1) is 5.82 Å². The van der Waals surface area contributed by atoms with Gasteiger partial charge in [-0.25, -0.2) is 4.39 Å². The SMILES string of the molecule is O=C(CSCCO)Cc1ccc(F)cc1. The fourth-order valence-electron chi connectivity index (χ4n) is 1.13. The molecule has 0 heterocycles. The van der Waals surface area contributed by atoms with Crippen molar-refractivity contribution >= 4 is 17.5 Å². The first-order chi connectivity index (χ1) is 7.22. The number of rotatable bonds is 6. The first-order valence-electron chi connectivity index (χ1n) is 4.67. The van der Waals surface area contributed by atoms with Gasteiger partial charge in [0.2, 0.25) is 0 Å². The molecule has 1 N–H and O–H groups in total. The number of hydrogen-bond acceptors (Lipinski definition) is 3. The number of aliphatic hydroxyl groups excluding tert-OH is 1. The van der Waals surface area contributed by atoms with Crippen LogP contribution in [0.3, 0.4) is 0 Å². The van der Waals surface area contributed by atoms with E-state index < -0.39 is 0 Å². The molecule has 0 saturated carbocycles. The van der Waals surface area contributed by atoms with E-state index in [1.165, 1.54) is 23.9 Å². The largest absolute Gasteiger partial charge is 0.396 e. The summed E-state index contributed by atoms with van der Waals surface area (Å²) in [7, 11) is 0. The molecule has 0 fully saturated rings. The highest BCUT2D eigenvalue weighted by Crippen LogP contribution is 2.06. The van der Waals surface area contributed by atoms with Crippen molar-refractivity contribution in [3.8, 4) is 0 Å². The molecule has 0 atom stereocenters. The highest BCUT2D eigenvalue weighted by Gasteiger charge is 2.03. The van der Waals surface area contributed by atoms with Gasteiger partial charge in [-0.2, -0.15) is 11.8 Å². The van der Waals surface area contributed by atoms with Crippen molar-refractivity contribution in [1.29, 1.82) is 0 Å². The summed E-state index contributed by atoms with van der Waals surface area (Å²) < 4.78 is 12.6. The predicted molar refractivity (Wildman–Crippen MR) is 59.5 cm³/mol. The number of ketones is 1. The molecular formula is C11H13FO2S. The van der Waals surface area contributed by atoms with Crippen LogP contribution < -0.4 is 0 Å². The quantitative estimate of drug-likeness (QED) is 0.752. The van der Waals surface area contributed by atoms with E-state index in [9.17, 15) is 9.18 Å². The molecule has 1 aromatic carbocycles. The van der Waals surface area contributed by atoms with E-state index in [2.05, 4.69) is 0 Å². The van der Waals surface area contributed by atoms with Crippen molar-refractivity contribution in [2.24, 2.45) is 0 Å². The lowest BCUT2D eigenvalue weighted by Gasteiger charge is -2.00. The molecule has 0 aliphatic rings. The van der Waals surface area contributed by atoms with Gasteiger partial charge in [-0.15, -0.1) is 0 Å². The number of carbonyl (C=O) groups is 1. The normalized spacial score (nSPS) is 10.3. The van der Waals surface area contributed by atoms with Crippen LogP contribution in [-0.2, 0) is 11.2 Å². The third-order valence-corrected chi connectivity index (χ3v) is 2.81. The summed E-state index contributed by atoms with van der Waals surface area (Å²) >= 11 is 1.41. The highest BCUT2D eigenvalue weighted by atomic mass is 32.2. The Bertz CT molecular complexity index is 311. The Morgan fingerprint density at radius 3 is 2.60 bits per heavy atom. The smallest absolute Gasteiger partial charge is 0.147 e. The minimum Gasteiger partial charge on any atom is -0.396 e. The Balaban J connectivity index is 2.34. The van der Waals surface area contributed by atoms with Gasteiger partial charge in [0.1, 0.15) is 11.6 Å². The summed E-state index contributed by atoms with van der Waals surface area (Å²) in [6, 6.07) is 5.93. The molecule has 0 aliphatic heterocycles. The molecule has 4 heteroatoms. The topological polar surface area (TPSA) is 37.3 Å². The number of carbonyl (C=O) groups excluding carboxylic acids is 1. The monoisotopic (exact) mass is 228 g/mol. The third kappa shape index (κ3) is 4.95. The predicted octanol–water partition coefficient (Wildman–Crippen LogP) is 1.66. The maximum absolute atomic E-state index is 12.6. The van der Waals surface area contributed by atoms with Gasteiger partial charge in [-0.05, 0) is 17.7 Å². The Morgan fingerprint density at radius 2 is 2.00 bits per heavy atom. The van der Waals surface area contributed by atoms with E-state index in [1.807, 2.05) is 0 Å². The fraction of sp³-hybridized carbons (Fsp3) is 0.364. The number of thioether (sulfide) groups is 1. The Labute approximate surface area is 92.5 Å². The van der Waals surface area contributed by atoms with E-state index in [4.69, 9.17) is 5.11 Å². The molecule has 0 unspecified atom stereocenters. The Hall–Kier alpha value is -0.870. The molecule has 1 aromatic rings. The lowest BCUT2D eigenvalue weighted by atomic mass is 10.1. The fourth-order valence-corrected chi connectivity index (χ4v) is 1.73. The van der Waals surface area contributed by atoms with E-state index >= 15 is 0 Å². The van der Waals surface area contributed by atoms with Crippen molar-refractivity contribution in [2.75, 3.05) is 18.1 Å². The summed E-state index contributed by atoms with van der Waals surface area (Å²) in [6.45, 7) is 0.0918. The van der Waals surface area contributed by atoms with Gasteiger partial charge < -0.3 is 5.11 Å². The highest BCUT2D eigenvalue weighted by molar-refractivity contribution is 7.99. The van der Waals surface area contributed by atoms with Crippen LogP contribution in [0.2, 0.25) is 0 Å². The van der Waals surface area contributed by atoms with Crippen molar-refractivity contribution in [2.45, 2.75) is 6.42 Å². The van der Waals surface area contributed by atoms with Crippen molar-refractivity contribution in [3.63, 3.8) is 0 Å². The van der Waals surface area contributed by atoms with Crippen LogP contribution in [-0.4, -0.2) is 29.0 Å². The van der Waals surface area contributed by atoms with Crippen LogP contribution in [0.1, 0.15) is 5.56 Å². The van der Waals surface area contributed by atoms with Crippen LogP contribution in [0.5, 0.6) is 0 Å². The molecule has 1 rings (SSSR count). The summed E-state index contributed by atoms with van der Waals surface area (Å²) in [5, 5.41) is 8.53. The first kappa shape index (κ1) is 12.2. The molecule has 2 nitrogen and oxygen atoms in total. The minimum absolute atomic E-state index is 0.0918. The first-order valence-corrected chi connectivity index (χ1v) is 5.82. The van der Waals surface area contributed by atoms with Gasteiger partial charge in [0, 0.05) is 12.2 Å². The minimum atomic E-state index is -0.291. The lowest BCUT2D eigenvalue weighted by Crippen LogP contribution is -2.06. The summed E-state index contributed by atoms with van der Waals surface area (Å²) in [6.07, 6.45) is 0.332. The van der Waals surface area contributed by atoms with E-state index in [0.717, 1.165) is 5.56 Å². The molecule has 0 amide bonds. The number of aliphatic hydroxyl groups is 1. The molecule has 15 heavy (non-hydrogen) atoms. The van der Waals surface area contributed by atoms with Gasteiger partial charge in [-0.3, -0.25) is 4.79 Å². The van der Waals surface area contributed by atoms with Gasteiger partial charge in [0.25, 0.3) is 0 Å². The number of benzene rings is 1. The number of Topliss-reactive ketones (excluding diaryl/α,β-unsaturated/α-hetero) is 1. The molecule has 82 valence electrons. The van der Waals surface area contributed by atoms with Gasteiger partial charge >= 0.3 is 0 Å². The molecule has 0 aromatic heterocycles. The summed E-state index contributed by atoms with van der Waals surface area (Å²) in [5.74, 6) is 0.786. The van der Waals surface area contributed by atoms with Crippen molar-refractivity contribution < 1.29 is 14.3 Å². The lowest BCUT2D eigenvalue weighted by molar-refractivity contribution is -0.116. The second kappa shape index (κ2) is 6.58. The maximum atomic E-state index is 12.6. The summed E-state index contributed by atoms with van der Waals surface area (Å²) in [4.78, 5) is 11.4. The second-order valence-corrected chi connectivity index (χ2v) is 4.22. The average Bonchev–Trinajstić information content (AvgIpc) is 2.22. The number of halogens is 1. The van der Waals surface area contributed by atoms with Crippen LogP contribution in [0.25, 0.3) is 0 Å². The third-order valence-electron chi connectivity index (χ3n) is 1.81. The van der Waals surface area contributed by atoms with Crippen LogP contribution >= 0.6 is 11.8 Å². The zero-order valence-corrected chi connectivity index (χ0v) is 9.10. The second-order valence-electron chi connectivity index (χ2n) is 3.12.